The predicted octanol–water partition coefficient (Wildman–Crippen LogP) is 1.60. The van der Waals surface area contributed by atoms with Crippen molar-refractivity contribution in [3.8, 4) is 0 Å². The highest BCUT2D eigenvalue weighted by Gasteiger charge is 2.42. The van der Waals surface area contributed by atoms with Crippen LogP contribution >= 0.6 is 0 Å². The summed E-state index contributed by atoms with van der Waals surface area (Å²) in [4.78, 5) is 12.3. The van der Waals surface area contributed by atoms with E-state index in [1.165, 1.54) is 4.90 Å². The minimum Gasteiger partial charge on any atom is -0.480 e. The summed E-state index contributed by atoms with van der Waals surface area (Å²) in [6.45, 7) is 0.864. The third-order valence-corrected chi connectivity index (χ3v) is 3.49. The normalized spacial score (nSPS) is 29.6. The number of carbonyl (C=O) groups is 1. The minimum atomic E-state index is -4.27. The average molecular weight is 268 g/mol. The van der Waals surface area contributed by atoms with Gasteiger partial charge in [0.15, 0.2) is 0 Å². The molecule has 0 aliphatic heterocycles. The van der Waals surface area contributed by atoms with E-state index in [9.17, 15) is 18.0 Å². The van der Waals surface area contributed by atoms with Gasteiger partial charge in [0.2, 0.25) is 0 Å². The highest BCUT2D eigenvalue weighted by atomic mass is 19.4. The first-order valence-corrected chi connectivity index (χ1v) is 6.01. The van der Waals surface area contributed by atoms with Gasteiger partial charge < -0.3 is 10.8 Å². The Labute approximate surface area is 104 Å². The Bertz CT molecular complexity index is 309. The van der Waals surface area contributed by atoms with Crippen molar-refractivity contribution in [2.24, 2.45) is 5.73 Å². The Morgan fingerprint density at radius 3 is 2.61 bits per heavy atom. The molecule has 4 nitrogen and oxygen atoms in total. The maximum absolute atomic E-state index is 12.4. The number of nitrogens with zero attached hydrogens (tertiary/aromatic N) is 1. The van der Waals surface area contributed by atoms with Gasteiger partial charge in [-0.3, -0.25) is 9.69 Å². The third kappa shape index (κ3) is 3.84. The zero-order chi connectivity index (χ0) is 14.0. The molecule has 2 atom stereocenters. The number of carboxylic acid groups (broad SMARTS) is 1. The lowest BCUT2D eigenvalue weighted by Crippen LogP contribution is -2.56. The number of hydrogen-bond donors (Lipinski definition) is 2. The van der Waals surface area contributed by atoms with E-state index in [4.69, 9.17) is 10.8 Å². The van der Waals surface area contributed by atoms with Crippen molar-refractivity contribution in [1.82, 2.24) is 4.90 Å². The number of aliphatic carboxylic acids is 1. The summed E-state index contributed by atoms with van der Waals surface area (Å²) in [5, 5.41) is 9.04. The topological polar surface area (TPSA) is 66.6 Å². The molecule has 0 saturated heterocycles. The van der Waals surface area contributed by atoms with Crippen LogP contribution in [0.4, 0.5) is 13.2 Å². The second-order valence-electron chi connectivity index (χ2n) is 4.89. The molecule has 18 heavy (non-hydrogen) atoms. The van der Waals surface area contributed by atoms with Gasteiger partial charge in [-0.15, -0.1) is 0 Å². The van der Waals surface area contributed by atoms with E-state index in [1.807, 2.05) is 0 Å². The molecule has 106 valence electrons. The average Bonchev–Trinajstić information content (AvgIpc) is 2.24. The molecule has 0 aromatic carbocycles. The van der Waals surface area contributed by atoms with Gasteiger partial charge in [0.1, 0.15) is 5.54 Å². The smallest absolute Gasteiger partial charge is 0.401 e. The third-order valence-electron chi connectivity index (χ3n) is 3.49. The van der Waals surface area contributed by atoms with Crippen molar-refractivity contribution in [2.75, 3.05) is 13.1 Å². The molecule has 0 aromatic rings. The summed E-state index contributed by atoms with van der Waals surface area (Å²) in [5.74, 6) is -1.13. The van der Waals surface area contributed by atoms with E-state index < -0.39 is 30.3 Å². The largest absolute Gasteiger partial charge is 0.480 e. The SMILES string of the molecule is CCN(CC(F)(F)F)C1CCCC(N)(C(=O)O)C1. The van der Waals surface area contributed by atoms with E-state index in [-0.39, 0.29) is 13.0 Å². The van der Waals surface area contributed by atoms with Crippen LogP contribution in [0.1, 0.15) is 32.6 Å². The van der Waals surface area contributed by atoms with Crippen LogP contribution in [0.2, 0.25) is 0 Å². The first-order chi connectivity index (χ1) is 8.18. The highest BCUT2D eigenvalue weighted by Crippen LogP contribution is 2.31. The standard InChI is InChI=1S/C11H19F3N2O2/c1-2-16(7-11(12,13)14)8-4-3-5-10(15,6-8)9(17)18/h8H,2-7,15H2,1H3,(H,17,18). The Kier molecular flexibility index (Phi) is 4.61. The Balaban J connectivity index is 2.72. The van der Waals surface area contributed by atoms with Crippen LogP contribution < -0.4 is 5.73 Å². The van der Waals surface area contributed by atoms with Crippen molar-refractivity contribution in [2.45, 2.75) is 50.4 Å². The second kappa shape index (κ2) is 5.44. The molecular formula is C11H19F3N2O2. The van der Waals surface area contributed by atoms with E-state index in [0.29, 0.717) is 19.3 Å². The van der Waals surface area contributed by atoms with E-state index in [1.54, 1.807) is 6.92 Å². The fraction of sp³-hybridized carbons (Fsp3) is 0.909. The van der Waals surface area contributed by atoms with Crippen molar-refractivity contribution in [3.63, 3.8) is 0 Å². The molecule has 0 aromatic heterocycles. The molecule has 1 fully saturated rings. The Morgan fingerprint density at radius 2 is 2.17 bits per heavy atom. The molecular weight excluding hydrogens is 249 g/mol. The summed E-state index contributed by atoms with van der Waals surface area (Å²) in [7, 11) is 0. The number of hydrogen-bond acceptors (Lipinski definition) is 3. The fourth-order valence-electron chi connectivity index (χ4n) is 2.51. The predicted molar refractivity (Wildman–Crippen MR) is 60.1 cm³/mol. The molecule has 0 amide bonds. The molecule has 0 radical (unpaired) electrons. The van der Waals surface area contributed by atoms with E-state index in [0.717, 1.165) is 0 Å². The van der Waals surface area contributed by atoms with Gasteiger partial charge in [0.05, 0.1) is 6.54 Å². The summed E-state index contributed by atoms with van der Waals surface area (Å²) in [6.07, 6.45) is -2.76. The fourth-order valence-corrected chi connectivity index (χ4v) is 2.51. The van der Waals surface area contributed by atoms with Crippen LogP contribution in [0, 0.1) is 0 Å². The quantitative estimate of drug-likeness (QED) is 0.812. The number of halogens is 3. The van der Waals surface area contributed by atoms with Crippen molar-refractivity contribution >= 4 is 5.97 Å². The lowest BCUT2D eigenvalue weighted by Gasteiger charge is -2.40. The Morgan fingerprint density at radius 1 is 1.56 bits per heavy atom. The van der Waals surface area contributed by atoms with Crippen LogP contribution in [-0.4, -0.2) is 46.8 Å². The number of nitrogens with two attached hydrogens (primary N) is 1. The number of alkyl halides is 3. The molecule has 1 rings (SSSR count). The van der Waals surface area contributed by atoms with Crippen molar-refractivity contribution in [3.05, 3.63) is 0 Å². The van der Waals surface area contributed by atoms with Crippen LogP contribution in [0.3, 0.4) is 0 Å². The summed E-state index contributed by atoms with van der Waals surface area (Å²) in [5.41, 5.74) is 4.35. The van der Waals surface area contributed by atoms with Crippen LogP contribution in [0.15, 0.2) is 0 Å². The molecule has 7 heteroatoms. The van der Waals surface area contributed by atoms with Gasteiger partial charge in [-0.1, -0.05) is 6.92 Å². The minimum absolute atomic E-state index is 0.0756. The Hall–Kier alpha value is -0.820. The molecule has 3 N–H and O–H groups in total. The number of rotatable bonds is 4. The van der Waals surface area contributed by atoms with Gasteiger partial charge in [-0.2, -0.15) is 13.2 Å². The molecule has 1 saturated carbocycles. The van der Waals surface area contributed by atoms with Crippen LogP contribution in [0.25, 0.3) is 0 Å². The van der Waals surface area contributed by atoms with Gasteiger partial charge in [-0.05, 0) is 32.2 Å². The molecule has 1 aliphatic carbocycles. The van der Waals surface area contributed by atoms with Crippen LogP contribution in [0.5, 0.6) is 0 Å². The van der Waals surface area contributed by atoms with E-state index >= 15 is 0 Å². The van der Waals surface area contributed by atoms with Gasteiger partial charge >= 0.3 is 12.1 Å². The summed E-state index contributed by atoms with van der Waals surface area (Å²) < 4.78 is 37.2. The van der Waals surface area contributed by atoms with Crippen molar-refractivity contribution in [1.29, 1.82) is 0 Å². The second-order valence-corrected chi connectivity index (χ2v) is 4.89. The zero-order valence-electron chi connectivity index (χ0n) is 10.3. The monoisotopic (exact) mass is 268 g/mol. The van der Waals surface area contributed by atoms with Gasteiger partial charge in [0, 0.05) is 6.04 Å². The van der Waals surface area contributed by atoms with Gasteiger partial charge in [-0.25, -0.2) is 0 Å². The zero-order valence-corrected chi connectivity index (χ0v) is 10.3. The summed E-state index contributed by atoms with van der Waals surface area (Å²) in [6, 6.07) is -0.411. The molecule has 0 spiro atoms. The molecule has 2 unspecified atom stereocenters. The summed E-state index contributed by atoms with van der Waals surface area (Å²) >= 11 is 0. The van der Waals surface area contributed by atoms with E-state index in [2.05, 4.69) is 0 Å². The highest BCUT2D eigenvalue weighted by molar-refractivity contribution is 5.78. The molecule has 0 bridgehead atoms. The van der Waals surface area contributed by atoms with Crippen LogP contribution in [-0.2, 0) is 4.79 Å². The molecule has 1 aliphatic rings. The molecule has 0 heterocycles. The lowest BCUT2D eigenvalue weighted by molar-refractivity contribution is -0.155. The lowest BCUT2D eigenvalue weighted by atomic mass is 9.79. The maximum atomic E-state index is 12.4. The first-order valence-electron chi connectivity index (χ1n) is 6.01. The maximum Gasteiger partial charge on any atom is 0.401 e. The van der Waals surface area contributed by atoms with Crippen molar-refractivity contribution < 1.29 is 23.1 Å². The number of carboxylic acids is 1. The van der Waals surface area contributed by atoms with Gasteiger partial charge in [0.25, 0.3) is 0 Å². The first kappa shape index (κ1) is 15.2.